The predicted molar refractivity (Wildman–Crippen MR) is 97.0 cm³/mol. The van der Waals surface area contributed by atoms with E-state index in [4.69, 9.17) is 0 Å². The molecule has 5 nitrogen and oxygen atoms in total. The van der Waals surface area contributed by atoms with E-state index in [1.165, 1.54) is 24.2 Å². The van der Waals surface area contributed by atoms with E-state index in [1.54, 1.807) is 0 Å². The van der Waals surface area contributed by atoms with Crippen LogP contribution in [0.2, 0.25) is 0 Å². The van der Waals surface area contributed by atoms with Crippen molar-refractivity contribution in [3.63, 3.8) is 0 Å². The Bertz CT molecular complexity index is 534. The number of benzene rings is 1. The van der Waals surface area contributed by atoms with Crippen LogP contribution >= 0.6 is 23.5 Å². The molecule has 0 radical (unpaired) electrons. The van der Waals surface area contributed by atoms with Crippen LogP contribution in [0.15, 0.2) is 24.3 Å². The van der Waals surface area contributed by atoms with Crippen molar-refractivity contribution >= 4 is 41.2 Å². The zero-order valence-electron chi connectivity index (χ0n) is 13.2. The van der Waals surface area contributed by atoms with Crippen LogP contribution in [0, 0.1) is 0 Å². The van der Waals surface area contributed by atoms with Gasteiger partial charge in [0.2, 0.25) is 0 Å². The first kappa shape index (κ1) is 18.0. The Hall–Kier alpha value is -1.34. The SMILES string of the molecule is COC(=O)CCCCNC(=O)Nc1cccc(C2SCCS2)c1. The highest BCUT2D eigenvalue weighted by atomic mass is 32.2. The molecule has 0 aromatic heterocycles. The van der Waals surface area contributed by atoms with E-state index < -0.39 is 0 Å². The summed E-state index contributed by atoms with van der Waals surface area (Å²) in [7, 11) is 1.38. The van der Waals surface area contributed by atoms with Gasteiger partial charge in [0.25, 0.3) is 0 Å². The fraction of sp³-hybridized carbons (Fsp3) is 0.500. The number of unbranched alkanes of at least 4 members (excludes halogenated alkanes) is 1. The van der Waals surface area contributed by atoms with Crippen LogP contribution in [0.1, 0.15) is 29.4 Å². The lowest BCUT2D eigenvalue weighted by Gasteiger charge is -2.11. The summed E-state index contributed by atoms with van der Waals surface area (Å²) in [4.78, 5) is 22.8. The molecule has 0 spiro atoms. The maximum Gasteiger partial charge on any atom is 0.319 e. The molecule has 1 aromatic carbocycles. The van der Waals surface area contributed by atoms with Crippen molar-refractivity contribution < 1.29 is 14.3 Å². The van der Waals surface area contributed by atoms with Gasteiger partial charge in [-0.15, -0.1) is 23.5 Å². The maximum absolute atomic E-state index is 11.9. The average molecular weight is 354 g/mol. The minimum absolute atomic E-state index is 0.214. The van der Waals surface area contributed by atoms with Crippen LogP contribution in [-0.2, 0) is 9.53 Å². The summed E-state index contributed by atoms with van der Waals surface area (Å²) in [5.41, 5.74) is 2.05. The first-order chi connectivity index (χ1) is 11.2. The van der Waals surface area contributed by atoms with Gasteiger partial charge in [-0.2, -0.15) is 0 Å². The zero-order valence-corrected chi connectivity index (χ0v) is 14.8. The maximum atomic E-state index is 11.9. The molecule has 2 rings (SSSR count). The molecule has 126 valence electrons. The van der Waals surface area contributed by atoms with E-state index in [9.17, 15) is 9.59 Å². The molecule has 0 aliphatic carbocycles. The number of thioether (sulfide) groups is 2. The Morgan fingerprint density at radius 1 is 1.26 bits per heavy atom. The molecule has 1 heterocycles. The molecule has 1 fully saturated rings. The highest BCUT2D eigenvalue weighted by Gasteiger charge is 2.18. The van der Waals surface area contributed by atoms with Gasteiger partial charge in [0.05, 0.1) is 11.7 Å². The number of methoxy groups -OCH3 is 1. The molecular formula is C16H22N2O3S2. The topological polar surface area (TPSA) is 67.4 Å². The summed E-state index contributed by atoms with van der Waals surface area (Å²) < 4.78 is 5.04. The number of hydrogen-bond donors (Lipinski definition) is 2. The van der Waals surface area contributed by atoms with Crippen LogP contribution in [0.5, 0.6) is 0 Å². The third kappa shape index (κ3) is 6.35. The summed E-state index contributed by atoms with van der Waals surface area (Å²) >= 11 is 3.89. The molecule has 7 heteroatoms. The number of anilines is 1. The number of ether oxygens (including phenoxy) is 1. The summed E-state index contributed by atoms with van der Waals surface area (Å²) in [6.07, 6.45) is 1.84. The van der Waals surface area contributed by atoms with Crippen LogP contribution in [-0.4, -0.2) is 37.2 Å². The monoisotopic (exact) mass is 354 g/mol. The Morgan fingerprint density at radius 2 is 2.04 bits per heavy atom. The highest BCUT2D eigenvalue weighted by molar-refractivity contribution is 8.19. The Balaban J connectivity index is 1.70. The molecule has 1 aliphatic rings. The Labute approximate surface area is 145 Å². The smallest absolute Gasteiger partial charge is 0.319 e. The van der Waals surface area contributed by atoms with Crippen molar-refractivity contribution in [2.75, 3.05) is 30.5 Å². The number of nitrogens with one attached hydrogen (secondary N) is 2. The molecule has 2 amide bonds. The fourth-order valence-corrected chi connectivity index (χ4v) is 5.03. The standard InChI is InChI=1S/C16H22N2O3S2/c1-21-14(19)7-2-3-8-17-16(20)18-13-6-4-5-12(11-13)15-22-9-10-23-15/h4-6,11,15H,2-3,7-10H2,1H3,(H2,17,18,20). The van der Waals surface area contributed by atoms with Gasteiger partial charge >= 0.3 is 12.0 Å². The second kappa shape index (κ2) is 9.72. The third-order valence-corrected chi connectivity index (χ3v) is 6.46. The van der Waals surface area contributed by atoms with Gasteiger partial charge in [-0.3, -0.25) is 4.79 Å². The zero-order chi connectivity index (χ0) is 16.5. The second-order valence-electron chi connectivity index (χ2n) is 5.11. The summed E-state index contributed by atoms with van der Waals surface area (Å²) in [5, 5.41) is 5.66. The van der Waals surface area contributed by atoms with Crippen molar-refractivity contribution in [2.45, 2.75) is 23.8 Å². The van der Waals surface area contributed by atoms with Gasteiger partial charge in [-0.05, 0) is 30.5 Å². The van der Waals surface area contributed by atoms with E-state index in [0.717, 1.165) is 12.1 Å². The largest absolute Gasteiger partial charge is 0.469 e. The number of rotatable bonds is 7. The number of carbonyl (C=O) groups is 2. The molecule has 0 saturated carbocycles. The lowest BCUT2D eigenvalue weighted by atomic mass is 10.2. The molecule has 2 N–H and O–H groups in total. The quantitative estimate of drug-likeness (QED) is 0.578. The van der Waals surface area contributed by atoms with E-state index in [1.807, 2.05) is 41.7 Å². The van der Waals surface area contributed by atoms with Gasteiger partial charge in [0.1, 0.15) is 0 Å². The van der Waals surface area contributed by atoms with Gasteiger partial charge in [-0.1, -0.05) is 12.1 Å². The van der Waals surface area contributed by atoms with Crippen molar-refractivity contribution in [1.29, 1.82) is 0 Å². The normalized spacial score (nSPS) is 14.5. The number of carbonyl (C=O) groups excluding carboxylic acids is 2. The summed E-state index contributed by atoms with van der Waals surface area (Å²) in [6.45, 7) is 0.539. The van der Waals surface area contributed by atoms with Crippen molar-refractivity contribution in [1.82, 2.24) is 5.32 Å². The molecule has 1 aromatic rings. The van der Waals surface area contributed by atoms with Crippen LogP contribution in [0.4, 0.5) is 10.5 Å². The van der Waals surface area contributed by atoms with Crippen molar-refractivity contribution in [2.24, 2.45) is 0 Å². The van der Waals surface area contributed by atoms with Gasteiger partial charge in [0.15, 0.2) is 0 Å². The van der Waals surface area contributed by atoms with E-state index in [2.05, 4.69) is 21.4 Å². The van der Waals surface area contributed by atoms with E-state index in [-0.39, 0.29) is 12.0 Å². The summed E-state index contributed by atoms with van der Waals surface area (Å²) in [5.74, 6) is 2.15. The molecule has 0 unspecified atom stereocenters. The number of amides is 2. The second-order valence-corrected chi connectivity index (χ2v) is 7.84. The van der Waals surface area contributed by atoms with Gasteiger partial charge < -0.3 is 15.4 Å². The van der Waals surface area contributed by atoms with Crippen LogP contribution in [0.3, 0.4) is 0 Å². The predicted octanol–water partition coefficient (Wildman–Crippen LogP) is 3.63. The number of urea groups is 1. The van der Waals surface area contributed by atoms with E-state index in [0.29, 0.717) is 24.0 Å². The molecule has 1 saturated heterocycles. The minimum atomic E-state index is -0.216. The molecule has 23 heavy (non-hydrogen) atoms. The van der Waals surface area contributed by atoms with Crippen molar-refractivity contribution in [3.05, 3.63) is 29.8 Å². The molecule has 0 atom stereocenters. The summed E-state index contributed by atoms with van der Waals surface area (Å²) in [6, 6.07) is 7.79. The minimum Gasteiger partial charge on any atom is -0.469 e. The van der Waals surface area contributed by atoms with Gasteiger partial charge in [-0.25, -0.2) is 4.79 Å². The van der Waals surface area contributed by atoms with Gasteiger partial charge in [0, 0.05) is 30.2 Å². The highest BCUT2D eigenvalue weighted by Crippen LogP contribution is 2.45. The Morgan fingerprint density at radius 3 is 2.78 bits per heavy atom. The van der Waals surface area contributed by atoms with Crippen LogP contribution < -0.4 is 10.6 Å². The average Bonchev–Trinajstić information content (AvgIpc) is 3.09. The molecule has 1 aliphatic heterocycles. The first-order valence-corrected chi connectivity index (χ1v) is 9.73. The van der Waals surface area contributed by atoms with Crippen LogP contribution in [0.25, 0.3) is 0 Å². The van der Waals surface area contributed by atoms with E-state index >= 15 is 0 Å². The molecule has 0 bridgehead atoms. The fourth-order valence-electron chi connectivity index (χ4n) is 2.19. The number of hydrogen-bond acceptors (Lipinski definition) is 5. The number of esters is 1. The third-order valence-electron chi connectivity index (χ3n) is 3.36. The molecular weight excluding hydrogens is 332 g/mol. The Kier molecular flexibility index (Phi) is 7.61. The lowest BCUT2D eigenvalue weighted by molar-refractivity contribution is -0.140. The first-order valence-electron chi connectivity index (χ1n) is 7.64. The lowest BCUT2D eigenvalue weighted by Crippen LogP contribution is -2.29. The van der Waals surface area contributed by atoms with Crippen molar-refractivity contribution in [3.8, 4) is 0 Å².